The predicted octanol–water partition coefficient (Wildman–Crippen LogP) is 3.20. The highest BCUT2D eigenvalue weighted by Crippen LogP contribution is 2.35. The third kappa shape index (κ3) is 7.10. The molecule has 0 unspecified atom stereocenters. The summed E-state index contributed by atoms with van der Waals surface area (Å²) in [4.78, 5) is 23.0. The first-order chi connectivity index (χ1) is 15.2. The SMILES string of the molecule is CC[Si](CC)(CC)O[C@@H]1[C@H](NC(C)=O)[C@H](COC=O)O[C@H](CO)[C@@H]1O[Si](CC)(CC)CC. The average molecular weight is 492 g/mol. The minimum Gasteiger partial charge on any atom is -0.465 e. The highest BCUT2D eigenvalue weighted by molar-refractivity contribution is 6.74. The Labute approximate surface area is 196 Å². The van der Waals surface area contributed by atoms with E-state index in [-0.39, 0.29) is 19.1 Å². The third-order valence-electron chi connectivity index (χ3n) is 7.31. The van der Waals surface area contributed by atoms with E-state index in [0.29, 0.717) is 6.47 Å². The lowest BCUT2D eigenvalue weighted by molar-refractivity contribution is -0.197. The molecule has 32 heavy (non-hydrogen) atoms. The van der Waals surface area contributed by atoms with Gasteiger partial charge < -0.3 is 28.7 Å². The number of aliphatic hydroxyl groups excluding tert-OH is 1. The fourth-order valence-corrected chi connectivity index (χ4v) is 10.4. The number of aliphatic hydroxyl groups is 1. The molecule has 0 aliphatic carbocycles. The van der Waals surface area contributed by atoms with Gasteiger partial charge in [0.1, 0.15) is 24.9 Å². The van der Waals surface area contributed by atoms with Crippen LogP contribution in [0.2, 0.25) is 36.3 Å². The number of hydrogen-bond acceptors (Lipinski definition) is 7. The molecule has 1 saturated heterocycles. The minimum atomic E-state index is -2.11. The van der Waals surface area contributed by atoms with Crippen LogP contribution in [-0.4, -0.2) is 77.8 Å². The molecule has 1 amide bonds. The van der Waals surface area contributed by atoms with Gasteiger partial charge in [0.05, 0.1) is 18.8 Å². The van der Waals surface area contributed by atoms with Crippen molar-refractivity contribution in [3.63, 3.8) is 0 Å². The van der Waals surface area contributed by atoms with Gasteiger partial charge in [0.15, 0.2) is 16.6 Å². The van der Waals surface area contributed by atoms with Crippen molar-refractivity contribution in [2.45, 2.75) is 115 Å². The van der Waals surface area contributed by atoms with Crippen molar-refractivity contribution in [1.29, 1.82) is 0 Å². The monoisotopic (exact) mass is 491 g/mol. The van der Waals surface area contributed by atoms with Gasteiger partial charge in [0.2, 0.25) is 5.91 Å². The normalized spacial score (nSPS) is 26.6. The second kappa shape index (κ2) is 13.8. The van der Waals surface area contributed by atoms with Gasteiger partial charge in [0, 0.05) is 6.92 Å². The summed E-state index contributed by atoms with van der Waals surface area (Å²) in [6.45, 7) is 14.5. The first kappa shape index (κ1) is 29.2. The number of amides is 1. The van der Waals surface area contributed by atoms with E-state index < -0.39 is 47.1 Å². The Morgan fingerprint density at radius 3 is 1.75 bits per heavy atom. The topological polar surface area (TPSA) is 103 Å². The molecule has 0 aromatic heterocycles. The Morgan fingerprint density at radius 2 is 1.38 bits per heavy atom. The minimum absolute atomic E-state index is 0.0334. The molecule has 188 valence electrons. The smallest absolute Gasteiger partial charge is 0.293 e. The summed E-state index contributed by atoms with van der Waals surface area (Å²) in [6, 6.07) is 5.11. The van der Waals surface area contributed by atoms with E-state index in [1.165, 1.54) is 6.92 Å². The maximum Gasteiger partial charge on any atom is 0.293 e. The van der Waals surface area contributed by atoms with Crippen molar-refractivity contribution in [1.82, 2.24) is 5.32 Å². The van der Waals surface area contributed by atoms with Crippen LogP contribution in [0, 0.1) is 0 Å². The van der Waals surface area contributed by atoms with Crippen molar-refractivity contribution in [3.8, 4) is 0 Å². The van der Waals surface area contributed by atoms with Gasteiger partial charge in [-0.15, -0.1) is 0 Å². The van der Waals surface area contributed by atoms with Crippen LogP contribution in [0.25, 0.3) is 0 Å². The van der Waals surface area contributed by atoms with Crippen LogP contribution in [0.3, 0.4) is 0 Å². The molecule has 1 aliphatic heterocycles. The summed E-state index contributed by atoms with van der Waals surface area (Å²) in [6.07, 6.45) is -2.26. The first-order valence-corrected chi connectivity index (χ1v) is 17.2. The highest BCUT2D eigenvalue weighted by atomic mass is 28.4. The number of ether oxygens (including phenoxy) is 2. The van der Waals surface area contributed by atoms with Crippen molar-refractivity contribution in [3.05, 3.63) is 0 Å². The summed E-state index contributed by atoms with van der Waals surface area (Å²) in [5, 5.41) is 13.2. The average Bonchev–Trinajstić information content (AvgIpc) is 2.81. The number of rotatable bonds is 15. The number of carbonyl (C=O) groups excluding carboxylic acids is 2. The fraction of sp³-hybridized carbons (Fsp3) is 0.909. The van der Waals surface area contributed by atoms with E-state index in [1.54, 1.807) is 0 Å². The molecular weight excluding hydrogens is 446 g/mol. The van der Waals surface area contributed by atoms with Crippen molar-refractivity contribution in [2.75, 3.05) is 13.2 Å². The van der Waals surface area contributed by atoms with Crippen LogP contribution < -0.4 is 5.32 Å². The highest BCUT2D eigenvalue weighted by Gasteiger charge is 2.52. The van der Waals surface area contributed by atoms with E-state index in [2.05, 4.69) is 46.9 Å². The molecule has 1 aliphatic rings. The lowest BCUT2D eigenvalue weighted by Gasteiger charge is -2.51. The molecule has 10 heteroatoms. The first-order valence-electron chi connectivity index (χ1n) is 12.2. The molecule has 1 heterocycles. The molecular formula is C22H45NO7Si2. The molecule has 5 atom stereocenters. The Balaban J connectivity index is 3.53. The molecule has 0 aromatic carbocycles. The Bertz CT molecular complexity index is 556. The largest absolute Gasteiger partial charge is 0.465 e. The summed E-state index contributed by atoms with van der Waals surface area (Å²) >= 11 is 0. The standard InChI is InChI=1S/C22H45NO7Si2/c1-8-31(9-2,10-3)29-21-18(14-24)28-19(15-27-16-25)20(23-17(7)26)22(21)30-32(11-4,12-5)13-6/h16,18-22,24H,8-15H2,1-7H3,(H,23,26)/t18-,19+,20-,21+,22-/m1/s1. The Kier molecular flexibility index (Phi) is 12.6. The van der Waals surface area contributed by atoms with E-state index in [4.69, 9.17) is 18.3 Å². The Hall–Kier alpha value is -0.786. The molecule has 0 saturated carbocycles. The molecule has 1 rings (SSSR count). The molecule has 2 N–H and O–H groups in total. The lowest BCUT2D eigenvalue weighted by atomic mass is 9.93. The van der Waals surface area contributed by atoms with E-state index in [9.17, 15) is 14.7 Å². The van der Waals surface area contributed by atoms with Gasteiger partial charge in [0.25, 0.3) is 6.47 Å². The fourth-order valence-electron chi connectivity index (χ4n) is 4.71. The quantitative estimate of drug-likeness (QED) is 0.268. The van der Waals surface area contributed by atoms with Crippen LogP contribution >= 0.6 is 0 Å². The van der Waals surface area contributed by atoms with E-state index in [1.807, 2.05) is 0 Å². The van der Waals surface area contributed by atoms with Crippen molar-refractivity contribution in [2.24, 2.45) is 0 Å². The molecule has 8 nitrogen and oxygen atoms in total. The molecule has 1 fully saturated rings. The number of carbonyl (C=O) groups is 2. The second-order valence-electron chi connectivity index (χ2n) is 8.70. The van der Waals surface area contributed by atoms with Crippen LogP contribution in [0.15, 0.2) is 0 Å². The zero-order valence-corrected chi connectivity index (χ0v) is 23.0. The van der Waals surface area contributed by atoms with Crippen LogP contribution in [-0.2, 0) is 27.9 Å². The second-order valence-corrected chi connectivity index (χ2v) is 18.1. The van der Waals surface area contributed by atoms with Crippen LogP contribution in [0.4, 0.5) is 0 Å². The van der Waals surface area contributed by atoms with Gasteiger partial charge in [-0.25, -0.2) is 0 Å². The van der Waals surface area contributed by atoms with Gasteiger partial charge >= 0.3 is 0 Å². The molecule has 0 aromatic rings. The zero-order chi connectivity index (χ0) is 24.4. The number of nitrogens with one attached hydrogen (secondary N) is 1. The van der Waals surface area contributed by atoms with Gasteiger partial charge in [-0.2, -0.15) is 0 Å². The maximum absolute atomic E-state index is 12.2. The predicted molar refractivity (Wildman–Crippen MR) is 130 cm³/mol. The van der Waals surface area contributed by atoms with Crippen LogP contribution in [0.1, 0.15) is 48.5 Å². The summed E-state index contributed by atoms with van der Waals surface area (Å²) < 4.78 is 25.0. The van der Waals surface area contributed by atoms with Gasteiger partial charge in [-0.3, -0.25) is 9.59 Å². The number of hydrogen-bond donors (Lipinski definition) is 2. The maximum atomic E-state index is 12.2. The third-order valence-corrected chi connectivity index (χ3v) is 16.6. The zero-order valence-electron chi connectivity index (χ0n) is 21.0. The van der Waals surface area contributed by atoms with E-state index in [0.717, 1.165) is 36.3 Å². The Morgan fingerprint density at radius 1 is 0.906 bits per heavy atom. The molecule has 0 radical (unpaired) electrons. The molecule has 0 spiro atoms. The van der Waals surface area contributed by atoms with Gasteiger partial charge in [-0.05, 0) is 36.3 Å². The van der Waals surface area contributed by atoms with E-state index >= 15 is 0 Å². The van der Waals surface area contributed by atoms with Crippen molar-refractivity contribution < 1.29 is 33.0 Å². The summed E-state index contributed by atoms with van der Waals surface area (Å²) in [5.74, 6) is -0.216. The summed E-state index contributed by atoms with van der Waals surface area (Å²) in [5.41, 5.74) is 0. The lowest BCUT2D eigenvalue weighted by Crippen LogP contribution is -2.69. The van der Waals surface area contributed by atoms with Crippen molar-refractivity contribution >= 4 is 29.0 Å². The van der Waals surface area contributed by atoms with Gasteiger partial charge in [-0.1, -0.05) is 41.5 Å². The van der Waals surface area contributed by atoms with Crippen LogP contribution in [0.5, 0.6) is 0 Å². The summed E-state index contributed by atoms with van der Waals surface area (Å²) in [7, 11) is -4.20. The molecule has 0 bridgehead atoms.